The van der Waals surface area contributed by atoms with E-state index in [1.807, 2.05) is 0 Å². The zero-order chi connectivity index (χ0) is 13.3. The van der Waals surface area contributed by atoms with Crippen molar-refractivity contribution in [3.05, 3.63) is 48.0 Å². The lowest BCUT2D eigenvalue weighted by molar-refractivity contribution is 0.0719. The van der Waals surface area contributed by atoms with Gasteiger partial charge in [-0.3, -0.25) is 0 Å². The third-order valence-electron chi connectivity index (χ3n) is 3.05. The van der Waals surface area contributed by atoms with E-state index in [0.29, 0.717) is 19.8 Å². The van der Waals surface area contributed by atoms with Gasteiger partial charge in [-0.2, -0.15) is 0 Å². The number of fused-ring (bicyclic) bond motifs is 1. The highest BCUT2D eigenvalue weighted by atomic mass is 16.5. The van der Waals surface area contributed by atoms with E-state index in [9.17, 15) is 0 Å². The van der Waals surface area contributed by atoms with Crippen LogP contribution in [0.3, 0.4) is 0 Å². The molecule has 0 saturated carbocycles. The van der Waals surface area contributed by atoms with E-state index >= 15 is 0 Å². The maximum absolute atomic E-state index is 5.41. The molecule has 0 bridgehead atoms. The fraction of sp³-hybridized carbons (Fsp3) is 0.375. The number of methoxy groups -OCH3 is 1. The Bertz CT molecular complexity index is 494. The lowest BCUT2D eigenvalue weighted by Gasteiger charge is -2.08. The summed E-state index contributed by atoms with van der Waals surface area (Å²) in [4.78, 5) is 0. The van der Waals surface area contributed by atoms with Gasteiger partial charge in [0.1, 0.15) is 0 Å². The van der Waals surface area contributed by atoms with Gasteiger partial charge in [-0.25, -0.2) is 0 Å². The van der Waals surface area contributed by atoms with Crippen LogP contribution in [-0.2, 0) is 16.0 Å². The lowest BCUT2D eigenvalue weighted by Crippen LogP contribution is -2.20. The van der Waals surface area contributed by atoms with Gasteiger partial charge in [0.05, 0.1) is 19.8 Å². The highest BCUT2D eigenvalue weighted by Gasteiger charge is 1.99. The van der Waals surface area contributed by atoms with Crippen LogP contribution in [0.5, 0.6) is 0 Å². The number of hydrogen-bond acceptors (Lipinski definition) is 3. The SMILES string of the molecule is COCCOCCNCc1cccc2ccccc12. The van der Waals surface area contributed by atoms with Gasteiger partial charge in [-0.1, -0.05) is 42.5 Å². The summed E-state index contributed by atoms with van der Waals surface area (Å²) in [5.41, 5.74) is 1.33. The summed E-state index contributed by atoms with van der Waals surface area (Å²) >= 11 is 0. The molecule has 0 radical (unpaired) electrons. The molecule has 0 saturated heterocycles. The average Bonchev–Trinajstić information content (AvgIpc) is 2.46. The van der Waals surface area contributed by atoms with Gasteiger partial charge in [0.25, 0.3) is 0 Å². The molecule has 2 aromatic rings. The number of benzene rings is 2. The summed E-state index contributed by atoms with van der Waals surface area (Å²) in [6.07, 6.45) is 0. The van der Waals surface area contributed by atoms with Crippen molar-refractivity contribution in [1.82, 2.24) is 5.32 Å². The van der Waals surface area contributed by atoms with Crippen molar-refractivity contribution < 1.29 is 9.47 Å². The highest BCUT2D eigenvalue weighted by Crippen LogP contribution is 2.17. The van der Waals surface area contributed by atoms with Crippen LogP contribution in [0.1, 0.15) is 5.56 Å². The number of hydrogen-bond donors (Lipinski definition) is 1. The standard InChI is InChI=1S/C16H21NO2/c1-18-11-12-19-10-9-17-13-15-7-4-6-14-5-2-3-8-16(14)15/h2-8,17H,9-13H2,1H3. The summed E-state index contributed by atoms with van der Waals surface area (Å²) < 4.78 is 10.3. The lowest BCUT2D eigenvalue weighted by atomic mass is 10.0. The molecule has 3 nitrogen and oxygen atoms in total. The van der Waals surface area contributed by atoms with Gasteiger partial charge in [-0.05, 0) is 16.3 Å². The van der Waals surface area contributed by atoms with Gasteiger partial charge in [0, 0.05) is 20.2 Å². The zero-order valence-corrected chi connectivity index (χ0v) is 11.4. The Balaban J connectivity index is 1.78. The summed E-state index contributed by atoms with van der Waals surface area (Å²) in [7, 11) is 1.68. The van der Waals surface area contributed by atoms with Gasteiger partial charge in [-0.15, -0.1) is 0 Å². The first-order chi connectivity index (χ1) is 9.42. The Morgan fingerprint density at radius 2 is 1.79 bits per heavy atom. The van der Waals surface area contributed by atoms with E-state index < -0.39 is 0 Å². The molecule has 0 unspecified atom stereocenters. The Morgan fingerprint density at radius 3 is 2.68 bits per heavy atom. The van der Waals surface area contributed by atoms with E-state index in [1.54, 1.807) is 7.11 Å². The maximum atomic E-state index is 5.41. The molecule has 0 aliphatic heterocycles. The Labute approximate surface area is 114 Å². The van der Waals surface area contributed by atoms with E-state index in [0.717, 1.165) is 13.1 Å². The van der Waals surface area contributed by atoms with Gasteiger partial charge in [0.2, 0.25) is 0 Å². The van der Waals surface area contributed by atoms with Gasteiger partial charge < -0.3 is 14.8 Å². The molecule has 0 aliphatic carbocycles. The van der Waals surface area contributed by atoms with Crippen molar-refractivity contribution in [2.45, 2.75) is 6.54 Å². The predicted molar refractivity (Wildman–Crippen MR) is 78.3 cm³/mol. The second-order valence-corrected chi connectivity index (χ2v) is 4.42. The third-order valence-corrected chi connectivity index (χ3v) is 3.05. The summed E-state index contributed by atoms with van der Waals surface area (Å²) in [5.74, 6) is 0. The Morgan fingerprint density at radius 1 is 0.947 bits per heavy atom. The fourth-order valence-electron chi connectivity index (χ4n) is 2.06. The minimum absolute atomic E-state index is 0.656. The van der Waals surface area contributed by atoms with E-state index in [1.165, 1.54) is 16.3 Å². The van der Waals surface area contributed by atoms with Crippen molar-refractivity contribution in [3.63, 3.8) is 0 Å². The molecule has 1 N–H and O–H groups in total. The van der Waals surface area contributed by atoms with Crippen molar-refractivity contribution in [2.75, 3.05) is 33.5 Å². The Kier molecular flexibility index (Phi) is 5.82. The molecule has 0 atom stereocenters. The zero-order valence-electron chi connectivity index (χ0n) is 11.4. The van der Waals surface area contributed by atoms with Crippen molar-refractivity contribution in [1.29, 1.82) is 0 Å². The molecule has 0 heterocycles. The first-order valence-electron chi connectivity index (χ1n) is 6.66. The monoisotopic (exact) mass is 259 g/mol. The summed E-state index contributed by atoms with van der Waals surface area (Å²) in [6.45, 7) is 3.76. The van der Waals surface area contributed by atoms with Crippen molar-refractivity contribution in [3.8, 4) is 0 Å². The van der Waals surface area contributed by atoms with Crippen LogP contribution in [0.2, 0.25) is 0 Å². The molecule has 0 amide bonds. The van der Waals surface area contributed by atoms with Crippen molar-refractivity contribution in [2.24, 2.45) is 0 Å². The second-order valence-electron chi connectivity index (χ2n) is 4.42. The van der Waals surface area contributed by atoms with Crippen LogP contribution in [0.25, 0.3) is 10.8 Å². The van der Waals surface area contributed by atoms with Crippen LogP contribution < -0.4 is 5.32 Å². The molecule has 0 aliphatic rings. The molecular weight excluding hydrogens is 238 g/mol. The van der Waals surface area contributed by atoms with Crippen LogP contribution in [0, 0.1) is 0 Å². The maximum Gasteiger partial charge on any atom is 0.0700 e. The van der Waals surface area contributed by atoms with Crippen LogP contribution >= 0.6 is 0 Å². The molecule has 102 valence electrons. The Hall–Kier alpha value is -1.42. The van der Waals surface area contributed by atoms with Gasteiger partial charge >= 0.3 is 0 Å². The second kappa shape index (κ2) is 7.89. The third kappa shape index (κ3) is 4.31. The minimum atomic E-state index is 0.656. The van der Waals surface area contributed by atoms with E-state index in [2.05, 4.69) is 47.8 Å². The smallest absolute Gasteiger partial charge is 0.0700 e. The number of rotatable bonds is 8. The highest BCUT2D eigenvalue weighted by molar-refractivity contribution is 5.85. The number of nitrogens with one attached hydrogen (secondary N) is 1. The number of ether oxygens (including phenoxy) is 2. The summed E-state index contributed by atoms with van der Waals surface area (Å²) in [6, 6.07) is 14.9. The van der Waals surface area contributed by atoms with E-state index in [4.69, 9.17) is 9.47 Å². The molecule has 0 aromatic heterocycles. The molecule has 0 spiro atoms. The molecular formula is C16H21NO2. The largest absolute Gasteiger partial charge is 0.382 e. The molecule has 19 heavy (non-hydrogen) atoms. The molecule has 3 heteroatoms. The van der Waals surface area contributed by atoms with Crippen LogP contribution in [0.4, 0.5) is 0 Å². The summed E-state index contributed by atoms with van der Waals surface area (Å²) in [5, 5.41) is 6.01. The van der Waals surface area contributed by atoms with Crippen molar-refractivity contribution >= 4 is 10.8 Å². The first kappa shape index (κ1) is 14.0. The van der Waals surface area contributed by atoms with Crippen LogP contribution in [0.15, 0.2) is 42.5 Å². The quantitative estimate of drug-likeness (QED) is 0.739. The van der Waals surface area contributed by atoms with Crippen LogP contribution in [-0.4, -0.2) is 33.5 Å². The minimum Gasteiger partial charge on any atom is -0.382 e. The topological polar surface area (TPSA) is 30.5 Å². The van der Waals surface area contributed by atoms with Gasteiger partial charge in [0.15, 0.2) is 0 Å². The molecule has 2 rings (SSSR count). The van der Waals surface area contributed by atoms with E-state index in [-0.39, 0.29) is 0 Å². The predicted octanol–water partition coefficient (Wildman–Crippen LogP) is 2.59. The molecule has 2 aromatic carbocycles. The normalized spacial score (nSPS) is 11.0. The first-order valence-corrected chi connectivity index (χ1v) is 6.66. The fourth-order valence-corrected chi connectivity index (χ4v) is 2.06. The molecule has 0 fully saturated rings. The average molecular weight is 259 g/mol.